The average Bonchev–Trinajstić information content (AvgIpc) is 3.15. The van der Waals surface area contributed by atoms with Crippen LogP contribution in [0.5, 0.6) is 23.0 Å². The molecule has 1 aromatic heterocycles. The molecule has 9 heteroatoms. The number of hydrogen-bond acceptors (Lipinski definition) is 6. The number of halogens is 2. The number of phenolic OH excluding ortho intramolecular Hbond substituents is 2. The highest BCUT2D eigenvalue weighted by molar-refractivity contribution is 6.34. The maximum atomic E-state index is 11.0. The summed E-state index contributed by atoms with van der Waals surface area (Å²) in [6.07, 6.45) is 2.55. The summed E-state index contributed by atoms with van der Waals surface area (Å²) in [5.41, 5.74) is 9.52. The minimum Gasteiger partial charge on any atom is -0.506 e. The van der Waals surface area contributed by atoms with Gasteiger partial charge in [0.2, 0.25) is 0 Å². The summed E-state index contributed by atoms with van der Waals surface area (Å²) in [4.78, 5) is 0. The topological polar surface area (TPSA) is 102 Å². The lowest BCUT2D eigenvalue weighted by Gasteiger charge is -2.16. The molecule has 0 radical (unpaired) electrons. The molecule has 0 saturated carbocycles. The van der Waals surface area contributed by atoms with Crippen LogP contribution in [0, 0.1) is 0 Å². The smallest absolute Gasteiger partial charge is 0.143 e. The first-order valence-electron chi connectivity index (χ1n) is 11.0. The Morgan fingerprint density at radius 2 is 1.35 bits per heavy atom. The van der Waals surface area contributed by atoms with Crippen molar-refractivity contribution < 1.29 is 19.7 Å². The summed E-state index contributed by atoms with van der Waals surface area (Å²) < 4.78 is 12.4. The van der Waals surface area contributed by atoms with E-state index in [2.05, 4.69) is 18.5 Å². The van der Waals surface area contributed by atoms with Crippen molar-refractivity contribution in [2.45, 2.75) is 0 Å². The van der Waals surface area contributed by atoms with E-state index in [1.807, 2.05) is 4.57 Å². The van der Waals surface area contributed by atoms with Crippen molar-refractivity contribution >= 4 is 62.1 Å². The maximum Gasteiger partial charge on any atom is 0.143 e. The number of anilines is 3. The predicted octanol–water partition coefficient (Wildman–Crippen LogP) is 7.87. The molecule has 0 aliphatic carbocycles. The van der Waals surface area contributed by atoms with Gasteiger partial charge >= 0.3 is 0 Å². The van der Waals surface area contributed by atoms with Crippen LogP contribution in [-0.4, -0.2) is 14.8 Å². The fraction of sp³-hybridized carbons (Fsp3) is 0. The lowest BCUT2D eigenvalue weighted by atomic mass is 10.1. The van der Waals surface area contributed by atoms with Gasteiger partial charge in [-0.3, -0.25) is 0 Å². The number of phenols is 2. The van der Waals surface area contributed by atoms with Crippen LogP contribution in [0.25, 0.3) is 27.5 Å². The van der Waals surface area contributed by atoms with E-state index in [0.717, 1.165) is 10.8 Å². The van der Waals surface area contributed by atoms with Crippen molar-refractivity contribution in [3.8, 4) is 28.7 Å². The van der Waals surface area contributed by atoms with Crippen molar-refractivity contribution in [2.24, 2.45) is 0 Å². The molecule has 0 unspecified atom stereocenters. The van der Waals surface area contributed by atoms with E-state index >= 15 is 0 Å². The molecule has 0 atom stereocenters. The third-order valence-electron chi connectivity index (χ3n) is 5.78. The van der Waals surface area contributed by atoms with Crippen LogP contribution in [0.4, 0.5) is 17.1 Å². The lowest BCUT2D eigenvalue weighted by molar-refractivity contribution is 0.453. The maximum absolute atomic E-state index is 11.0. The van der Waals surface area contributed by atoms with Gasteiger partial charge in [0, 0.05) is 33.0 Å². The van der Waals surface area contributed by atoms with Crippen LogP contribution in [0.3, 0.4) is 0 Å². The number of nitrogen functional groups attached to an aromatic ring is 1. The Bertz CT molecular complexity index is 1710. The Balaban J connectivity index is 1.82. The molecule has 4 aromatic carbocycles. The minimum absolute atomic E-state index is 0.0496. The number of aromatic hydroxyl groups is 2. The number of nitrogens with one attached hydrogen (secondary N) is 1. The number of fused-ring (bicyclic) bond motifs is 3. The largest absolute Gasteiger partial charge is 0.506 e. The molecule has 7 nitrogen and oxygen atoms in total. The second-order valence-corrected chi connectivity index (χ2v) is 8.97. The third-order valence-corrected chi connectivity index (χ3v) is 6.22. The Labute approximate surface area is 222 Å². The van der Waals surface area contributed by atoms with Gasteiger partial charge in [0.25, 0.3) is 0 Å². The van der Waals surface area contributed by atoms with E-state index in [4.69, 9.17) is 38.4 Å². The molecule has 0 spiro atoms. The zero-order valence-corrected chi connectivity index (χ0v) is 20.8. The fourth-order valence-corrected chi connectivity index (χ4v) is 4.81. The quantitative estimate of drug-likeness (QED) is 0.0963. The first kappa shape index (κ1) is 24.2. The van der Waals surface area contributed by atoms with E-state index in [1.165, 1.54) is 24.7 Å². The highest BCUT2D eigenvalue weighted by atomic mass is 35.5. The number of nitrogens with two attached hydrogens (primary N) is 1. The fourth-order valence-electron chi connectivity index (χ4n) is 4.36. The Morgan fingerprint density at radius 3 is 1.97 bits per heavy atom. The van der Waals surface area contributed by atoms with E-state index < -0.39 is 0 Å². The number of nitrogens with zero attached hydrogens (tertiary/aromatic N) is 1. The third kappa shape index (κ3) is 4.35. The molecular formula is C28H21Cl2N3O4. The minimum atomic E-state index is -0.0535. The van der Waals surface area contributed by atoms with Crippen molar-refractivity contribution in [3.05, 3.63) is 96.4 Å². The summed E-state index contributed by atoms with van der Waals surface area (Å²) in [5.74, 6) is 0.743. The van der Waals surface area contributed by atoms with Crippen molar-refractivity contribution in [3.63, 3.8) is 0 Å². The van der Waals surface area contributed by atoms with E-state index in [0.29, 0.717) is 55.3 Å². The first-order chi connectivity index (χ1) is 17.8. The molecule has 0 aliphatic heterocycles. The Kier molecular flexibility index (Phi) is 6.25. The van der Waals surface area contributed by atoms with Crippen LogP contribution >= 0.6 is 23.2 Å². The number of hydrogen-bond donors (Lipinski definition) is 4. The summed E-state index contributed by atoms with van der Waals surface area (Å²) >= 11 is 12.9. The van der Waals surface area contributed by atoms with Crippen LogP contribution in [-0.2, 0) is 0 Å². The van der Waals surface area contributed by atoms with Gasteiger partial charge in [0.15, 0.2) is 0 Å². The summed E-state index contributed by atoms with van der Waals surface area (Å²) in [7, 11) is 0. The van der Waals surface area contributed by atoms with Gasteiger partial charge in [0.1, 0.15) is 23.0 Å². The molecule has 5 aromatic rings. The standard InChI is InChI=1S/C28H21Cl2N3O4/c1-3-36-17-5-7-22(25(34)13-17)32-23-12-16(30)10-20-19-9-15(29)11-21(31)27(19)33(28(20)23)24-8-6-18(37-4-2)14-26(24)35/h3-14,32,34-35H,1-2,31H2. The molecule has 0 fully saturated rings. The van der Waals surface area contributed by atoms with Gasteiger partial charge in [-0.05, 0) is 48.5 Å². The van der Waals surface area contributed by atoms with Crippen molar-refractivity contribution in [1.29, 1.82) is 0 Å². The second-order valence-electron chi connectivity index (χ2n) is 8.10. The van der Waals surface area contributed by atoms with Gasteiger partial charge in [-0.2, -0.15) is 0 Å². The van der Waals surface area contributed by atoms with Crippen LogP contribution in [0.1, 0.15) is 0 Å². The SMILES string of the molecule is C=COc1ccc(Nc2cc(Cl)cc3c4cc(Cl)cc(N)c4n(-c4ccc(OC=C)cc4O)c23)c(O)c1. The second kappa shape index (κ2) is 9.54. The molecule has 0 aliphatic rings. The normalized spacial score (nSPS) is 11.0. The summed E-state index contributed by atoms with van der Waals surface area (Å²) in [6.45, 7) is 7.08. The van der Waals surface area contributed by atoms with Crippen molar-refractivity contribution in [2.75, 3.05) is 11.1 Å². The van der Waals surface area contributed by atoms with Crippen LogP contribution < -0.4 is 20.5 Å². The number of rotatable bonds is 7. The molecule has 186 valence electrons. The van der Waals surface area contributed by atoms with Gasteiger partial charge < -0.3 is 35.3 Å². The van der Waals surface area contributed by atoms with Gasteiger partial charge in [-0.25, -0.2) is 0 Å². The zero-order valence-electron chi connectivity index (χ0n) is 19.3. The van der Waals surface area contributed by atoms with E-state index in [-0.39, 0.29) is 11.5 Å². The van der Waals surface area contributed by atoms with Crippen LogP contribution in [0.2, 0.25) is 10.0 Å². The van der Waals surface area contributed by atoms with Gasteiger partial charge in [-0.15, -0.1) is 0 Å². The zero-order chi connectivity index (χ0) is 26.3. The molecular weight excluding hydrogens is 513 g/mol. The number of aromatic nitrogens is 1. The van der Waals surface area contributed by atoms with Gasteiger partial charge in [-0.1, -0.05) is 36.4 Å². The molecule has 0 saturated heterocycles. The predicted molar refractivity (Wildman–Crippen MR) is 150 cm³/mol. The summed E-state index contributed by atoms with van der Waals surface area (Å²) in [6, 6.07) is 16.6. The molecule has 1 heterocycles. The van der Waals surface area contributed by atoms with E-state index in [9.17, 15) is 10.2 Å². The van der Waals surface area contributed by atoms with Crippen molar-refractivity contribution in [1.82, 2.24) is 4.57 Å². The van der Waals surface area contributed by atoms with Gasteiger partial charge in [0.05, 0.1) is 46.3 Å². The molecule has 5 rings (SSSR count). The number of ether oxygens (including phenoxy) is 2. The number of benzene rings is 4. The molecule has 0 amide bonds. The molecule has 5 N–H and O–H groups in total. The molecule has 37 heavy (non-hydrogen) atoms. The van der Waals surface area contributed by atoms with E-state index in [1.54, 1.807) is 48.5 Å². The Hall–Kier alpha value is -4.46. The highest BCUT2D eigenvalue weighted by Crippen LogP contribution is 2.45. The Morgan fingerprint density at radius 1 is 0.757 bits per heavy atom. The highest BCUT2D eigenvalue weighted by Gasteiger charge is 2.22. The average molecular weight is 534 g/mol. The monoisotopic (exact) mass is 533 g/mol. The molecule has 0 bridgehead atoms. The first-order valence-corrected chi connectivity index (χ1v) is 11.8. The lowest BCUT2D eigenvalue weighted by Crippen LogP contribution is -2.01. The summed E-state index contributed by atoms with van der Waals surface area (Å²) in [5, 5.41) is 27.3. The van der Waals surface area contributed by atoms with Crippen LogP contribution in [0.15, 0.2) is 86.3 Å².